The van der Waals surface area contributed by atoms with E-state index in [2.05, 4.69) is 26.4 Å². The van der Waals surface area contributed by atoms with Crippen molar-refractivity contribution in [2.75, 3.05) is 36.5 Å². The van der Waals surface area contributed by atoms with Gasteiger partial charge >= 0.3 is 6.03 Å². The standard InChI is InChI=1S/C23H25N5O5S/c29-23(24-20-16-5-1-3-14(16)13-15-4-2-6-17(15)20)27-34(30,31)19-8-7-18(21-22(19)26-33-25-21)28-9-11-32-12-10-28/h7-8,13H,1-6,9-12H2,(H2,24,27,29). The zero-order valence-corrected chi connectivity index (χ0v) is 19.4. The molecule has 2 N–H and O–H groups in total. The van der Waals surface area contributed by atoms with E-state index < -0.39 is 16.1 Å². The summed E-state index contributed by atoms with van der Waals surface area (Å²) >= 11 is 0. The molecule has 178 valence electrons. The topological polar surface area (TPSA) is 127 Å². The van der Waals surface area contributed by atoms with E-state index in [0.717, 1.165) is 61.0 Å². The molecule has 34 heavy (non-hydrogen) atoms. The van der Waals surface area contributed by atoms with Crippen molar-refractivity contribution in [1.29, 1.82) is 0 Å². The monoisotopic (exact) mass is 483 g/mol. The van der Waals surface area contributed by atoms with Crippen molar-refractivity contribution in [2.24, 2.45) is 0 Å². The average Bonchev–Trinajstić information content (AvgIpc) is 3.58. The number of aromatic nitrogens is 2. The molecular formula is C23H25N5O5S. The van der Waals surface area contributed by atoms with Crippen LogP contribution in [0.3, 0.4) is 0 Å². The number of anilines is 2. The lowest BCUT2D eigenvalue weighted by atomic mass is 9.99. The van der Waals surface area contributed by atoms with Gasteiger partial charge in [0.15, 0.2) is 11.0 Å². The number of hydrogen-bond acceptors (Lipinski definition) is 8. The molecule has 1 fully saturated rings. The molecule has 11 heteroatoms. The fraction of sp³-hybridized carbons (Fsp3) is 0.435. The maximum Gasteiger partial charge on any atom is 0.333 e. The third-order valence-corrected chi connectivity index (χ3v) is 8.30. The van der Waals surface area contributed by atoms with E-state index in [1.807, 2.05) is 4.90 Å². The molecule has 0 radical (unpaired) electrons. The molecule has 0 spiro atoms. The van der Waals surface area contributed by atoms with Crippen molar-refractivity contribution in [1.82, 2.24) is 15.0 Å². The molecule has 2 heterocycles. The second-order valence-corrected chi connectivity index (χ2v) is 10.6. The molecule has 10 nitrogen and oxygen atoms in total. The fourth-order valence-electron chi connectivity index (χ4n) is 5.39. The number of rotatable bonds is 4. The number of benzene rings is 2. The summed E-state index contributed by atoms with van der Waals surface area (Å²) in [5.74, 6) is 0. The summed E-state index contributed by atoms with van der Waals surface area (Å²) < 4.78 is 38.8. The third-order valence-electron chi connectivity index (χ3n) is 6.94. The average molecular weight is 484 g/mol. The number of sulfonamides is 1. The van der Waals surface area contributed by atoms with Crippen molar-refractivity contribution < 1.29 is 22.6 Å². The number of fused-ring (bicyclic) bond motifs is 3. The van der Waals surface area contributed by atoms with E-state index in [9.17, 15) is 13.2 Å². The van der Waals surface area contributed by atoms with Crippen LogP contribution in [0, 0.1) is 0 Å². The Labute approximate surface area is 196 Å². The Bertz CT molecular complexity index is 1360. The Morgan fingerprint density at radius 1 is 0.941 bits per heavy atom. The number of carbonyl (C=O) groups excluding carboxylic acids is 1. The summed E-state index contributed by atoms with van der Waals surface area (Å²) in [5, 5.41) is 10.6. The van der Waals surface area contributed by atoms with Crippen LogP contribution in [0.25, 0.3) is 11.0 Å². The van der Waals surface area contributed by atoms with Crippen LogP contribution in [0.15, 0.2) is 27.7 Å². The number of urea groups is 1. The molecule has 1 aliphatic heterocycles. The predicted molar refractivity (Wildman–Crippen MR) is 125 cm³/mol. The predicted octanol–water partition coefficient (Wildman–Crippen LogP) is 2.55. The Kier molecular flexibility index (Phi) is 5.18. The lowest BCUT2D eigenvalue weighted by Crippen LogP contribution is -2.37. The second kappa shape index (κ2) is 8.24. The first-order chi connectivity index (χ1) is 16.5. The van der Waals surface area contributed by atoms with Gasteiger partial charge in [-0.15, -0.1) is 0 Å². The highest BCUT2D eigenvalue weighted by Gasteiger charge is 2.29. The summed E-state index contributed by atoms with van der Waals surface area (Å²) in [6, 6.07) is 4.58. The molecular weight excluding hydrogens is 458 g/mol. The largest absolute Gasteiger partial charge is 0.378 e. The van der Waals surface area contributed by atoms with E-state index in [1.54, 1.807) is 6.07 Å². The first-order valence-electron chi connectivity index (χ1n) is 11.6. The van der Waals surface area contributed by atoms with Gasteiger partial charge in [-0.05, 0) is 83.2 Å². The van der Waals surface area contributed by atoms with Crippen LogP contribution in [0.4, 0.5) is 16.2 Å². The molecule has 3 aromatic rings. The lowest BCUT2D eigenvalue weighted by Gasteiger charge is -2.28. The fourth-order valence-corrected chi connectivity index (χ4v) is 6.43. The van der Waals surface area contributed by atoms with Crippen molar-refractivity contribution in [2.45, 2.75) is 43.4 Å². The number of amides is 2. The zero-order valence-electron chi connectivity index (χ0n) is 18.6. The minimum atomic E-state index is -4.22. The highest BCUT2D eigenvalue weighted by atomic mass is 32.2. The smallest absolute Gasteiger partial charge is 0.333 e. The quantitative estimate of drug-likeness (QED) is 0.580. The Morgan fingerprint density at radius 2 is 1.62 bits per heavy atom. The molecule has 2 amide bonds. The number of nitrogens with one attached hydrogen (secondary N) is 2. The molecule has 6 rings (SSSR count). The van der Waals surface area contributed by atoms with Gasteiger partial charge < -0.3 is 15.0 Å². The molecule has 0 saturated carbocycles. The number of morpholine rings is 1. The van der Waals surface area contributed by atoms with E-state index in [-0.39, 0.29) is 10.4 Å². The summed E-state index contributed by atoms with van der Waals surface area (Å²) in [6.07, 6.45) is 5.84. The van der Waals surface area contributed by atoms with Gasteiger partial charge in [0.2, 0.25) is 0 Å². The normalized spacial score (nSPS) is 17.6. The number of hydrogen-bond donors (Lipinski definition) is 2. The SMILES string of the molecule is O=C(Nc1c2c(cc3c1CCC3)CCC2)NS(=O)(=O)c1ccc(N2CCOCC2)c2nonc12. The van der Waals surface area contributed by atoms with Gasteiger partial charge in [0.25, 0.3) is 10.0 Å². The molecule has 0 atom stereocenters. The summed E-state index contributed by atoms with van der Waals surface area (Å²) in [5.41, 5.74) is 6.71. The van der Waals surface area contributed by atoms with Crippen molar-refractivity contribution >= 4 is 38.5 Å². The highest BCUT2D eigenvalue weighted by molar-refractivity contribution is 7.90. The maximum absolute atomic E-state index is 13.2. The van der Waals surface area contributed by atoms with Crippen molar-refractivity contribution in [3.63, 3.8) is 0 Å². The lowest BCUT2D eigenvalue weighted by molar-refractivity contribution is 0.123. The zero-order chi connectivity index (χ0) is 23.3. The summed E-state index contributed by atoms with van der Waals surface area (Å²) in [6.45, 7) is 2.45. The Hall–Kier alpha value is -3.18. The highest BCUT2D eigenvalue weighted by Crippen LogP contribution is 2.38. The molecule has 0 bridgehead atoms. The third kappa shape index (κ3) is 3.59. The molecule has 1 saturated heterocycles. The molecule has 0 unspecified atom stereocenters. The molecule has 2 aliphatic carbocycles. The molecule has 1 aromatic heterocycles. The van der Waals surface area contributed by atoms with Gasteiger partial charge in [-0.2, -0.15) is 0 Å². The van der Waals surface area contributed by atoms with Crippen LogP contribution >= 0.6 is 0 Å². The Balaban J connectivity index is 1.28. The maximum atomic E-state index is 13.2. The first-order valence-corrected chi connectivity index (χ1v) is 13.1. The molecule has 2 aromatic carbocycles. The van der Waals surface area contributed by atoms with Crippen LogP contribution in [-0.4, -0.2) is 51.1 Å². The van der Waals surface area contributed by atoms with Crippen LogP contribution in [-0.2, 0) is 40.4 Å². The summed E-state index contributed by atoms with van der Waals surface area (Å²) in [7, 11) is -4.22. The summed E-state index contributed by atoms with van der Waals surface area (Å²) in [4.78, 5) is 14.8. The van der Waals surface area contributed by atoms with Gasteiger partial charge in [-0.3, -0.25) is 0 Å². The van der Waals surface area contributed by atoms with Crippen molar-refractivity contribution in [3.8, 4) is 0 Å². The van der Waals surface area contributed by atoms with Gasteiger partial charge in [0.1, 0.15) is 4.90 Å². The van der Waals surface area contributed by atoms with Gasteiger partial charge in [0, 0.05) is 18.8 Å². The van der Waals surface area contributed by atoms with Gasteiger partial charge in [-0.25, -0.2) is 22.6 Å². The minimum Gasteiger partial charge on any atom is -0.378 e. The first kappa shape index (κ1) is 21.4. The van der Waals surface area contributed by atoms with Crippen LogP contribution in [0.2, 0.25) is 0 Å². The van der Waals surface area contributed by atoms with E-state index in [1.165, 1.54) is 17.2 Å². The van der Waals surface area contributed by atoms with Crippen molar-refractivity contribution in [3.05, 3.63) is 40.5 Å². The van der Waals surface area contributed by atoms with E-state index in [0.29, 0.717) is 31.8 Å². The number of aryl methyl sites for hydroxylation is 2. The van der Waals surface area contributed by atoms with E-state index in [4.69, 9.17) is 9.37 Å². The Morgan fingerprint density at radius 3 is 2.32 bits per heavy atom. The molecule has 3 aliphatic rings. The van der Waals surface area contributed by atoms with Gasteiger partial charge in [0.05, 0.1) is 18.9 Å². The number of nitrogens with zero attached hydrogens (tertiary/aromatic N) is 3. The number of carbonyl (C=O) groups is 1. The number of ether oxygens (including phenoxy) is 1. The minimum absolute atomic E-state index is 0.0887. The van der Waals surface area contributed by atoms with Gasteiger partial charge in [-0.1, -0.05) is 6.07 Å². The van der Waals surface area contributed by atoms with Crippen LogP contribution in [0.1, 0.15) is 35.1 Å². The van der Waals surface area contributed by atoms with Crippen LogP contribution in [0.5, 0.6) is 0 Å². The second-order valence-electron chi connectivity index (χ2n) is 8.94. The van der Waals surface area contributed by atoms with Crippen LogP contribution < -0.4 is 14.9 Å². The van der Waals surface area contributed by atoms with E-state index >= 15 is 0 Å².